The van der Waals surface area contributed by atoms with E-state index in [0.717, 1.165) is 6.42 Å². The Morgan fingerprint density at radius 1 is 1.50 bits per heavy atom. The van der Waals surface area contributed by atoms with Crippen molar-refractivity contribution < 1.29 is 9.59 Å². The summed E-state index contributed by atoms with van der Waals surface area (Å²) in [7, 11) is 1.75. The molecule has 0 aromatic carbocycles. The molecule has 0 N–H and O–H groups in total. The lowest BCUT2D eigenvalue weighted by Crippen LogP contribution is -2.40. The Bertz CT molecular complexity index is 243. The Labute approximate surface area is 88.8 Å². The summed E-state index contributed by atoms with van der Waals surface area (Å²) in [5.41, 5.74) is 0. The molecule has 1 saturated heterocycles. The molecular weight excluding hydrogens is 204 g/mol. The number of likely N-dealkylation sites (N-methyl/N-ethyl adjacent to an activating group) is 1. The summed E-state index contributed by atoms with van der Waals surface area (Å²) in [6.45, 7) is 3.11. The van der Waals surface area contributed by atoms with Crippen LogP contribution in [0.1, 0.15) is 13.3 Å². The van der Waals surface area contributed by atoms with E-state index < -0.39 is 5.38 Å². The van der Waals surface area contributed by atoms with E-state index in [2.05, 4.69) is 0 Å². The molecule has 0 radical (unpaired) electrons. The summed E-state index contributed by atoms with van der Waals surface area (Å²) in [5, 5.41) is -0.550. The number of carbonyl (C=O) groups is 2. The highest BCUT2D eigenvalue weighted by molar-refractivity contribution is 6.30. The van der Waals surface area contributed by atoms with E-state index in [1.807, 2.05) is 0 Å². The zero-order valence-electron chi connectivity index (χ0n) is 8.49. The van der Waals surface area contributed by atoms with Crippen LogP contribution in [0.4, 0.5) is 0 Å². The van der Waals surface area contributed by atoms with Gasteiger partial charge >= 0.3 is 0 Å². The molecule has 1 atom stereocenters. The lowest BCUT2D eigenvalue weighted by atomic mass is 10.3. The van der Waals surface area contributed by atoms with Crippen molar-refractivity contribution in [1.82, 2.24) is 9.80 Å². The minimum atomic E-state index is -0.550. The zero-order valence-corrected chi connectivity index (χ0v) is 9.25. The highest BCUT2D eigenvalue weighted by Gasteiger charge is 2.24. The van der Waals surface area contributed by atoms with E-state index in [9.17, 15) is 9.59 Å². The molecule has 0 aromatic rings. The van der Waals surface area contributed by atoms with Crippen molar-refractivity contribution in [1.29, 1.82) is 0 Å². The molecule has 1 aliphatic rings. The first-order valence-corrected chi connectivity index (χ1v) is 5.13. The molecule has 5 heteroatoms. The number of amides is 2. The Balaban J connectivity index is 2.63. The van der Waals surface area contributed by atoms with Crippen molar-refractivity contribution in [3.8, 4) is 0 Å². The Morgan fingerprint density at radius 2 is 2.14 bits per heavy atom. The number of nitrogens with zero attached hydrogens (tertiary/aromatic N) is 2. The fourth-order valence-electron chi connectivity index (χ4n) is 1.43. The predicted octanol–water partition coefficient (Wildman–Crippen LogP) is 0.304. The minimum Gasteiger partial charge on any atom is -0.344 e. The molecule has 2 amide bonds. The highest BCUT2D eigenvalue weighted by atomic mass is 35.5. The molecule has 1 heterocycles. The van der Waals surface area contributed by atoms with Gasteiger partial charge in [-0.15, -0.1) is 11.6 Å². The third-order valence-corrected chi connectivity index (χ3v) is 2.51. The Hall–Kier alpha value is -0.770. The van der Waals surface area contributed by atoms with E-state index in [1.165, 1.54) is 4.90 Å². The second-order valence-corrected chi connectivity index (χ2v) is 4.20. The van der Waals surface area contributed by atoms with E-state index in [1.54, 1.807) is 18.9 Å². The van der Waals surface area contributed by atoms with Gasteiger partial charge in [0.1, 0.15) is 5.38 Å². The molecule has 1 rings (SSSR count). The topological polar surface area (TPSA) is 40.6 Å². The molecule has 0 spiro atoms. The minimum absolute atomic E-state index is 0.0202. The van der Waals surface area contributed by atoms with Gasteiger partial charge in [0, 0.05) is 20.1 Å². The molecule has 1 fully saturated rings. The maximum absolute atomic E-state index is 11.5. The van der Waals surface area contributed by atoms with Gasteiger partial charge in [-0.2, -0.15) is 0 Å². The highest BCUT2D eigenvalue weighted by Crippen LogP contribution is 2.07. The van der Waals surface area contributed by atoms with Crippen LogP contribution in [0.5, 0.6) is 0 Å². The summed E-state index contributed by atoms with van der Waals surface area (Å²) in [5.74, 6) is -0.177. The van der Waals surface area contributed by atoms with Crippen LogP contribution in [0.2, 0.25) is 0 Å². The van der Waals surface area contributed by atoms with Gasteiger partial charge in [-0.1, -0.05) is 0 Å². The average Bonchev–Trinajstić information content (AvgIpc) is 2.28. The van der Waals surface area contributed by atoms with Gasteiger partial charge < -0.3 is 9.80 Å². The van der Waals surface area contributed by atoms with Crippen molar-refractivity contribution in [3.63, 3.8) is 0 Å². The van der Waals surface area contributed by atoms with Gasteiger partial charge in [0.05, 0.1) is 6.54 Å². The van der Waals surface area contributed by atoms with Crippen LogP contribution in [-0.4, -0.2) is 53.7 Å². The van der Waals surface area contributed by atoms with Crippen molar-refractivity contribution >= 4 is 23.4 Å². The maximum Gasteiger partial charge on any atom is 0.241 e. The van der Waals surface area contributed by atoms with E-state index in [0.29, 0.717) is 13.1 Å². The van der Waals surface area contributed by atoms with Crippen LogP contribution in [0, 0.1) is 0 Å². The van der Waals surface area contributed by atoms with Crippen LogP contribution < -0.4 is 0 Å². The predicted molar refractivity (Wildman–Crippen MR) is 54.1 cm³/mol. The summed E-state index contributed by atoms with van der Waals surface area (Å²) in [6.07, 6.45) is 0.817. The average molecular weight is 219 g/mol. The van der Waals surface area contributed by atoms with Crippen molar-refractivity contribution in [2.75, 3.05) is 26.7 Å². The molecule has 14 heavy (non-hydrogen) atoms. The van der Waals surface area contributed by atoms with E-state index in [4.69, 9.17) is 11.6 Å². The lowest BCUT2D eigenvalue weighted by molar-refractivity contribution is -0.137. The van der Waals surface area contributed by atoms with Gasteiger partial charge in [0.25, 0.3) is 0 Å². The van der Waals surface area contributed by atoms with Gasteiger partial charge in [-0.3, -0.25) is 9.59 Å². The van der Waals surface area contributed by atoms with Gasteiger partial charge in [0.15, 0.2) is 0 Å². The third kappa shape index (κ3) is 2.61. The molecule has 80 valence electrons. The van der Waals surface area contributed by atoms with Crippen LogP contribution >= 0.6 is 11.6 Å². The fourth-order valence-corrected chi connectivity index (χ4v) is 1.56. The summed E-state index contributed by atoms with van der Waals surface area (Å²) in [6, 6.07) is 0. The second-order valence-electron chi connectivity index (χ2n) is 3.54. The van der Waals surface area contributed by atoms with Crippen LogP contribution in [0.25, 0.3) is 0 Å². The fraction of sp³-hybridized carbons (Fsp3) is 0.778. The largest absolute Gasteiger partial charge is 0.344 e. The second kappa shape index (κ2) is 4.64. The number of halogens is 1. The summed E-state index contributed by atoms with van der Waals surface area (Å²) < 4.78 is 0. The standard InChI is InChI=1S/C9H15ClN2O2/c1-7(10)9(14)12-5-3-4-11(2)8(13)6-12/h7H,3-6H2,1-2H3. The SMILES string of the molecule is CC(Cl)C(=O)N1CCCN(C)C(=O)C1. The van der Waals surface area contributed by atoms with Crippen molar-refractivity contribution in [2.45, 2.75) is 18.7 Å². The normalized spacial score (nSPS) is 20.6. The maximum atomic E-state index is 11.5. The number of alkyl halides is 1. The zero-order chi connectivity index (χ0) is 10.7. The van der Waals surface area contributed by atoms with Crippen LogP contribution in [0.3, 0.4) is 0 Å². The van der Waals surface area contributed by atoms with Crippen LogP contribution in [-0.2, 0) is 9.59 Å². The van der Waals surface area contributed by atoms with Crippen molar-refractivity contribution in [2.24, 2.45) is 0 Å². The summed E-state index contributed by atoms with van der Waals surface area (Å²) in [4.78, 5) is 26.1. The van der Waals surface area contributed by atoms with Crippen molar-refractivity contribution in [3.05, 3.63) is 0 Å². The lowest BCUT2D eigenvalue weighted by Gasteiger charge is -2.20. The van der Waals surface area contributed by atoms with E-state index in [-0.39, 0.29) is 18.4 Å². The van der Waals surface area contributed by atoms with Gasteiger partial charge in [0.2, 0.25) is 11.8 Å². The Morgan fingerprint density at radius 3 is 2.71 bits per heavy atom. The molecule has 0 aromatic heterocycles. The molecule has 0 saturated carbocycles. The van der Waals surface area contributed by atoms with E-state index >= 15 is 0 Å². The molecule has 0 bridgehead atoms. The molecule has 1 unspecified atom stereocenters. The third-order valence-electron chi connectivity index (χ3n) is 2.33. The Kier molecular flexibility index (Phi) is 3.75. The smallest absolute Gasteiger partial charge is 0.241 e. The number of hydrogen-bond acceptors (Lipinski definition) is 2. The quantitative estimate of drug-likeness (QED) is 0.595. The van der Waals surface area contributed by atoms with Gasteiger partial charge in [-0.05, 0) is 13.3 Å². The molecule has 1 aliphatic heterocycles. The first-order chi connectivity index (χ1) is 6.52. The monoisotopic (exact) mass is 218 g/mol. The molecule has 4 nitrogen and oxygen atoms in total. The first-order valence-electron chi connectivity index (χ1n) is 4.69. The number of hydrogen-bond donors (Lipinski definition) is 0. The molecule has 0 aliphatic carbocycles. The number of carbonyl (C=O) groups excluding carboxylic acids is 2. The van der Waals surface area contributed by atoms with Crippen LogP contribution in [0.15, 0.2) is 0 Å². The number of rotatable bonds is 1. The van der Waals surface area contributed by atoms with Gasteiger partial charge in [-0.25, -0.2) is 0 Å². The first kappa shape index (κ1) is 11.3. The molecular formula is C9H15ClN2O2. The summed E-state index contributed by atoms with van der Waals surface area (Å²) >= 11 is 5.68.